The van der Waals surface area contributed by atoms with Crippen molar-refractivity contribution in [3.8, 4) is 0 Å². The summed E-state index contributed by atoms with van der Waals surface area (Å²) >= 11 is 5.62. The van der Waals surface area contributed by atoms with E-state index in [2.05, 4.69) is 0 Å². The quantitative estimate of drug-likeness (QED) is 0.772. The maximum Gasteiger partial charge on any atom is 0.391 e. The lowest BCUT2D eigenvalue weighted by Gasteiger charge is -2.33. The Bertz CT molecular complexity index is 475. The van der Waals surface area contributed by atoms with Crippen LogP contribution < -0.4 is 0 Å². The average molecular weight is 311 g/mol. The van der Waals surface area contributed by atoms with Gasteiger partial charge in [-0.25, -0.2) is 4.39 Å². The van der Waals surface area contributed by atoms with E-state index >= 15 is 0 Å². The molecule has 0 aromatic heterocycles. The molecule has 0 amide bonds. The van der Waals surface area contributed by atoms with Gasteiger partial charge in [0.15, 0.2) is 0 Å². The average Bonchev–Trinajstić information content (AvgIpc) is 2.37. The summed E-state index contributed by atoms with van der Waals surface area (Å²) in [6.45, 7) is 0. The molecule has 1 aromatic carbocycles. The fraction of sp³-hybridized carbons (Fsp3) is 0.571. The van der Waals surface area contributed by atoms with Crippen molar-refractivity contribution in [3.05, 3.63) is 34.6 Å². The van der Waals surface area contributed by atoms with Crippen LogP contribution in [0.2, 0.25) is 5.02 Å². The van der Waals surface area contributed by atoms with E-state index in [4.69, 9.17) is 11.6 Å². The van der Waals surface area contributed by atoms with Crippen LogP contribution in [0.5, 0.6) is 0 Å². The van der Waals surface area contributed by atoms with Crippen molar-refractivity contribution in [2.75, 3.05) is 0 Å². The van der Waals surface area contributed by atoms with Gasteiger partial charge in [0.1, 0.15) is 5.82 Å². The van der Waals surface area contributed by atoms with Gasteiger partial charge in [-0.05, 0) is 37.3 Å². The Labute approximate surface area is 119 Å². The van der Waals surface area contributed by atoms with E-state index in [1.165, 1.54) is 12.1 Å². The van der Waals surface area contributed by atoms with Gasteiger partial charge in [0.05, 0.1) is 12.0 Å². The molecule has 1 aliphatic rings. The molecular weight excluding hydrogens is 296 g/mol. The van der Waals surface area contributed by atoms with Gasteiger partial charge < -0.3 is 5.11 Å². The SMILES string of the molecule is OC(c1ccc(Cl)cc1F)C1CCCC(C(F)(F)F)C1. The number of alkyl halides is 3. The highest BCUT2D eigenvalue weighted by Crippen LogP contribution is 2.44. The zero-order valence-electron chi connectivity index (χ0n) is 10.6. The van der Waals surface area contributed by atoms with Gasteiger partial charge in [-0.3, -0.25) is 0 Å². The van der Waals surface area contributed by atoms with Crippen LogP contribution in [0.15, 0.2) is 18.2 Å². The third-order valence-electron chi connectivity index (χ3n) is 3.91. The second-order valence-corrected chi connectivity index (χ2v) is 5.71. The van der Waals surface area contributed by atoms with E-state index in [9.17, 15) is 22.7 Å². The maximum absolute atomic E-state index is 13.7. The van der Waals surface area contributed by atoms with E-state index in [-0.39, 0.29) is 23.4 Å². The minimum Gasteiger partial charge on any atom is -0.388 e. The Balaban J connectivity index is 2.14. The molecule has 1 N–H and O–H groups in total. The summed E-state index contributed by atoms with van der Waals surface area (Å²) in [6.07, 6.45) is -4.70. The monoisotopic (exact) mass is 310 g/mol. The van der Waals surface area contributed by atoms with Gasteiger partial charge in [0.25, 0.3) is 0 Å². The zero-order valence-corrected chi connectivity index (χ0v) is 11.4. The van der Waals surface area contributed by atoms with Crippen LogP contribution in [-0.2, 0) is 0 Å². The van der Waals surface area contributed by atoms with E-state index in [0.29, 0.717) is 12.8 Å². The molecule has 3 atom stereocenters. The Morgan fingerprint density at radius 2 is 1.95 bits per heavy atom. The van der Waals surface area contributed by atoms with Crippen molar-refractivity contribution in [2.24, 2.45) is 11.8 Å². The first-order valence-corrected chi connectivity index (χ1v) is 6.86. The molecule has 0 radical (unpaired) electrons. The molecule has 0 aliphatic heterocycles. The minimum absolute atomic E-state index is 0.0159. The molecule has 1 fully saturated rings. The van der Waals surface area contributed by atoms with Crippen molar-refractivity contribution in [1.29, 1.82) is 0 Å². The third-order valence-corrected chi connectivity index (χ3v) is 4.14. The number of aliphatic hydroxyl groups is 1. The number of benzene rings is 1. The molecule has 2 rings (SSSR count). The summed E-state index contributed by atoms with van der Waals surface area (Å²) < 4.78 is 51.9. The normalized spacial score (nSPS) is 25.5. The molecule has 1 aliphatic carbocycles. The summed E-state index contributed by atoms with van der Waals surface area (Å²) in [6, 6.07) is 3.82. The lowest BCUT2D eigenvalue weighted by Crippen LogP contribution is -2.31. The third kappa shape index (κ3) is 3.44. The number of halogens is 5. The van der Waals surface area contributed by atoms with Crippen molar-refractivity contribution >= 4 is 11.6 Å². The molecule has 6 heteroatoms. The van der Waals surface area contributed by atoms with Gasteiger partial charge in [-0.15, -0.1) is 0 Å². The van der Waals surface area contributed by atoms with E-state index in [1.807, 2.05) is 0 Å². The lowest BCUT2D eigenvalue weighted by atomic mass is 9.77. The zero-order chi connectivity index (χ0) is 14.9. The van der Waals surface area contributed by atoms with E-state index < -0.39 is 29.9 Å². The van der Waals surface area contributed by atoms with Gasteiger partial charge in [-0.2, -0.15) is 13.2 Å². The Hall–Kier alpha value is -0.810. The van der Waals surface area contributed by atoms with Crippen molar-refractivity contribution in [3.63, 3.8) is 0 Å². The molecular formula is C14H15ClF4O. The van der Waals surface area contributed by atoms with Crippen LogP contribution in [0, 0.1) is 17.7 Å². The second-order valence-electron chi connectivity index (χ2n) is 5.28. The van der Waals surface area contributed by atoms with Crippen molar-refractivity contribution in [1.82, 2.24) is 0 Å². The topological polar surface area (TPSA) is 20.2 Å². The number of aliphatic hydroxyl groups excluding tert-OH is 1. The number of hydrogen-bond donors (Lipinski definition) is 1. The molecule has 1 nitrogen and oxygen atoms in total. The van der Waals surface area contributed by atoms with Crippen molar-refractivity contribution in [2.45, 2.75) is 38.0 Å². The fourth-order valence-electron chi connectivity index (χ4n) is 2.81. The molecule has 0 spiro atoms. The standard InChI is InChI=1S/C14H15ClF4O/c15-10-4-5-11(12(16)7-10)13(20)8-2-1-3-9(6-8)14(17,18)19/h4-5,7-9,13,20H,1-3,6H2. The maximum atomic E-state index is 13.7. The summed E-state index contributed by atoms with van der Waals surface area (Å²) in [5.41, 5.74) is 0.0159. The fourth-order valence-corrected chi connectivity index (χ4v) is 2.97. The molecule has 3 unspecified atom stereocenters. The van der Waals surface area contributed by atoms with Gasteiger partial charge in [0.2, 0.25) is 0 Å². The Kier molecular flexibility index (Phi) is 4.59. The van der Waals surface area contributed by atoms with Gasteiger partial charge in [0, 0.05) is 10.6 Å². The first-order chi connectivity index (χ1) is 9.29. The van der Waals surface area contributed by atoms with Crippen LogP contribution >= 0.6 is 11.6 Å². The summed E-state index contributed by atoms with van der Waals surface area (Å²) in [5, 5.41) is 10.3. The van der Waals surface area contributed by atoms with E-state index in [1.54, 1.807) is 0 Å². The molecule has 20 heavy (non-hydrogen) atoms. The molecule has 1 saturated carbocycles. The van der Waals surface area contributed by atoms with Gasteiger partial charge >= 0.3 is 6.18 Å². The van der Waals surface area contributed by atoms with Crippen LogP contribution in [0.3, 0.4) is 0 Å². The molecule has 112 valence electrons. The minimum atomic E-state index is -4.25. The predicted octanol–water partition coefficient (Wildman–Crippen LogP) is 4.88. The van der Waals surface area contributed by atoms with Crippen LogP contribution in [0.4, 0.5) is 17.6 Å². The molecule has 0 saturated heterocycles. The number of rotatable bonds is 2. The van der Waals surface area contributed by atoms with Crippen molar-refractivity contribution < 1.29 is 22.7 Å². The second kappa shape index (κ2) is 5.90. The first-order valence-electron chi connectivity index (χ1n) is 6.48. The summed E-state index contributed by atoms with van der Waals surface area (Å²) in [7, 11) is 0. The molecule has 1 aromatic rings. The first kappa shape index (κ1) is 15.6. The summed E-state index contributed by atoms with van der Waals surface area (Å²) in [5.74, 6) is -2.67. The van der Waals surface area contributed by atoms with E-state index in [0.717, 1.165) is 6.07 Å². The largest absolute Gasteiger partial charge is 0.391 e. The van der Waals surface area contributed by atoms with Crippen LogP contribution in [0.1, 0.15) is 37.4 Å². The van der Waals surface area contributed by atoms with Gasteiger partial charge in [-0.1, -0.05) is 24.1 Å². The smallest absolute Gasteiger partial charge is 0.388 e. The highest BCUT2D eigenvalue weighted by Gasteiger charge is 2.43. The van der Waals surface area contributed by atoms with Crippen LogP contribution in [-0.4, -0.2) is 11.3 Å². The number of hydrogen-bond acceptors (Lipinski definition) is 1. The summed E-state index contributed by atoms with van der Waals surface area (Å²) in [4.78, 5) is 0. The lowest BCUT2D eigenvalue weighted by molar-refractivity contribution is -0.189. The Morgan fingerprint density at radius 1 is 1.25 bits per heavy atom. The highest BCUT2D eigenvalue weighted by atomic mass is 35.5. The van der Waals surface area contributed by atoms with Crippen LogP contribution in [0.25, 0.3) is 0 Å². The predicted molar refractivity (Wildman–Crippen MR) is 67.9 cm³/mol. The molecule has 0 heterocycles. The molecule has 0 bridgehead atoms. The Morgan fingerprint density at radius 3 is 2.55 bits per heavy atom. The highest BCUT2D eigenvalue weighted by molar-refractivity contribution is 6.30.